The van der Waals surface area contributed by atoms with Gasteiger partial charge in [-0.15, -0.1) is 0 Å². The quantitative estimate of drug-likeness (QED) is 0.716. The molecule has 2 fully saturated rings. The molecular weight excluding hydrogens is 394 g/mol. The highest BCUT2D eigenvalue weighted by Gasteiger charge is 2.31. The van der Waals surface area contributed by atoms with Gasteiger partial charge in [-0.05, 0) is 31.5 Å². The Morgan fingerprint density at radius 2 is 1.97 bits per heavy atom. The van der Waals surface area contributed by atoms with E-state index < -0.39 is 18.5 Å². The molecule has 0 N–H and O–H groups in total. The number of nitrogens with zero attached hydrogens (tertiary/aromatic N) is 4. The molecule has 2 aliphatic rings. The van der Waals surface area contributed by atoms with Crippen LogP contribution in [0.25, 0.3) is 10.9 Å². The zero-order valence-electron chi connectivity index (χ0n) is 16.8. The van der Waals surface area contributed by atoms with Gasteiger partial charge in [0.25, 0.3) is 12.0 Å². The number of hydrogen-bond acceptors (Lipinski definition) is 5. The fraction of sp³-hybridized carbons (Fsp3) is 0.571. The Bertz CT molecular complexity index is 965. The van der Waals surface area contributed by atoms with Crippen molar-refractivity contribution < 1.29 is 18.3 Å². The van der Waals surface area contributed by atoms with E-state index in [0.717, 1.165) is 24.0 Å². The molecule has 1 atom stereocenters. The molecule has 1 aromatic heterocycles. The number of rotatable bonds is 6. The molecule has 0 aliphatic carbocycles. The van der Waals surface area contributed by atoms with Gasteiger partial charge in [0, 0.05) is 19.6 Å². The van der Waals surface area contributed by atoms with Crippen molar-refractivity contribution in [2.75, 3.05) is 39.4 Å². The Morgan fingerprint density at radius 3 is 2.80 bits per heavy atom. The number of carbonyl (C=O) groups is 1. The van der Waals surface area contributed by atoms with E-state index in [0.29, 0.717) is 56.0 Å². The number of ether oxygens (including phenoxy) is 1. The third-order valence-electron chi connectivity index (χ3n) is 5.85. The summed E-state index contributed by atoms with van der Waals surface area (Å²) in [5.41, 5.74) is 0.0947. The lowest BCUT2D eigenvalue weighted by Crippen LogP contribution is -2.40. The minimum atomic E-state index is -2.64. The highest BCUT2D eigenvalue weighted by atomic mass is 19.3. The Balaban J connectivity index is 1.61. The van der Waals surface area contributed by atoms with Crippen LogP contribution in [0.4, 0.5) is 8.78 Å². The molecule has 30 heavy (non-hydrogen) atoms. The Kier molecular flexibility index (Phi) is 6.38. The van der Waals surface area contributed by atoms with Crippen LogP contribution in [0.3, 0.4) is 0 Å². The standard InChI is InChI=1S/C21H26F2N4O3/c22-18(23)14-27-20(24-16-5-2-1-4-15(16)21(27)29)17-6-3-8-25(17)9-10-26-11-13-30-12-7-19(26)28/h1-2,4-5,17-18H,3,6-14H2. The van der Waals surface area contributed by atoms with Crippen LogP contribution < -0.4 is 5.56 Å². The van der Waals surface area contributed by atoms with Crippen LogP contribution in [0, 0.1) is 0 Å². The molecule has 4 rings (SSSR count). The monoisotopic (exact) mass is 420 g/mol. The maximum atomic E-state index is 13.3. The third-order valence-corrected chi connectivity index (χ3v) is 5.85. The van der Waals surface area contributed by atoms with Gasteiger partial charge in [0.05, 0.1) is 43.1 Å². The van der Waals surface area contributed by atoms with E-state index >= 15 is 0 Å². The average Bonchev–Trinajstić information content (AvgIpc) is 3.10. The number of fused-ring (bicyclic) bond motifs is 1. The summed E-state index contributed by atoms with van der Waals surface area (Å²) in [4.78, 5) is 33.7. The smallest absolute Gasteiger partial charge is 0.261 e. The first kappa shape index (κ1) is 20.9. The highest BCUT2D eigenvalue weighted by molar-refractivity contribution is 5.77. The predicted octanol–water partition coefficient (Wildman–Crippen LogP) is 2.05. The molecule has 3 heterocycles. The van der Waals surface area contributed by atoms with E-state index in [2.05, 4.69) is 9.88 Å². The van der Waals surface area contributed by atoms with Crippen LogP contribution in [0.2, 0.25) is 0 Å². The number of amides is 1. The lowest BCUT2D eigenvalue weighted by molar-refractivity contribution is -0.130. The van der Waals surface area contributed by atoms with Crippen molar-refractivity contribution in [2.45, 2.75) is 38.3 Å². The van der Waals surface area contributed by atoms with Gasteiger partial charge >= 0.3 is 0 Å². The summed E-state index contributed by atoms with van der Waals surface area (Å²) >= 11 is 0. The van der Waals surface area contributed by atoms with Crippen LogP contribution >= 0.6 is 0 Å². The maximum Gasteiger partial charge on any atom is 0.261 e. The van der Waals surface area contributed by atoms with Crippen molar-refractivity contribution in [1.82, 2.24) is 19.4 Å². The second-order valence-electron chi connectivity index (χ2n) is 7.73. The van der Waals surface area contributed by atoms with Gasteiger partial charge in [0.2, 0.25) is 5.91 Å². The highest BCUT2D eigenvalue weighted by Crippen LogP contribution is 2.31. The van der Waals surface area contributed by atoms with Gasteiger partial charge in [0.15, 0.2) is 0 Å². The van der Waals surface area contributed by atoms with Gasteiger partial charge in [0.1, 0.15) is 5.82 Å². The number of halogens is 2. The number of para-hydroxylation sites is 1. The van der Waals surface area contributed by atoms with Crippen molar-refractivity contribution in [2.24, 2.45) is 0 Å². The fourth-order valence-corrected chi connectivity index (χ4v) is 4.34. The van der Waals surface area contributed by atoms with Crippen LogP contribution in [0.5, 0.6) is 0 Å². The molecule has 0 radical (unpaired) electrons. The summed E-state index contributed by atoms with van der Waals surface area (Å²) in [5, 5.41) is 0.349. The largest absolute Gasteiger partial charge is 0.379 e. The molecule has 9 heteroatoms. The summed E-state index contributed by atoms with van der Waals surface area (Å²) in [6, 6.07) is 6.63. The van der Waals surface area contributed by atoms with Gasteiger partial charge in [-0.2, -0.15) is 0 Å². The van der Waals surface area contributed by atoms with E-state index in [1.807, 2.05) is 0 Å². The topological polar surface area (TPSA) is 67.7 Å². The summed E-state index contributed by atoms with van der Waals surface area (Å²) in [5.74, 6) is 0.462. The number of likely N-dealkylation sites (tertiary alicyclic amines) is 1. The first-order valence-electron chi connectivity index (χ1n) is 10.4. The SMILES string of the molecule is O=C1CCOCCN1CCN1CCCC1c1nc2ccccc2c(=O)n1CC(F)F. The van der Waals surface area contributed by atoms with Crippen molar-refractivity contribution >= 4 is 16.8 Å². The van der Waals surface area contributed by atoms with E-state index in [1.54, 1.807) is 29.2 Å². The van der Waals surface area contributed by atoms with Crippen LogP contribution in [0.15, 0.2) is 29.1 Å². The van der Waals surface area contributed by atoms with Gasteiger partial charge in [-0.25, -0.2) is 13.8 Å². The minimum Gasteiger partial charge on any atom is -0.379 e. The molecule has 2 aromatic rings. The summed E-state index contributed by atoms with van der Waals surface area (Å²) in [7, 11) is 0. The van der Waals surface area contributed by atoms with E-state index in [4.69, 9.17) is 4.74 Å². The summed E-state index contributed by atoms with van der Waals surface area (Å²) in [6.45, 7) is 2.79. The minimum absolute atomic E-state index is 0.0710. The maximum absolute atomic E-state index is 13.3. The molecule has 0 bridgehead atoms. The zero-order chi connectivity index (χ0) is 21.1. The second kappa shape index (κ2) is 9.18. The van der Waals surface area contributed by atoms with Crippen LogP contribution in [0.1, 0.15) is 31.1 Å². The summed E-state index contributed by atoms with van der Waals surface area (Å²) in [6.07, 6.45) is -0.637. The number of hydrogen-bond donors (Lipinski definition) is 0. The van der Waals surface area contributed by atoms with Gasteiger partial charge in [-0.1, -0.05) is 12.1 Å². The first-order valence-corrected chi connectivity index (χ1v) is 10.4. The molecule has 0 spiro atoms. The third kappa shape index (κ3) is 4.37. The normalized spacial score (nSPS) is 21.0. The Labute approximate surface area is 173 Å². The first-order chi connectivity index (χ1) is 14.5. The van der Waals surface area contributed by atoms with Gasteiger partial charge in [-0.3, -0.25) is 19.1 Å². The lowest BCUT2D eigenvalue weighted by atomic mass is 10.1. The fourth-order valence-electron chi connectivity index (χ4n) is 4.34. The molecule has 7 nitrogen and oxygen atoms in total. The Hall–Kier alpha value is -2.39. The molecule has 162 valence electrons. The number of carbonyl (C=O) groups excluding carboxylic acids is 1. The number of aromatic nitrogens is 2. The number of benzene rings is 1. The van der Waals surface area contributed by atoms with E-state index in [9.17, 15) is 18.4 Å². The van der Waals surface area contributed by atoms with Crippen molar-refractivity contribution in [3.63, 3.8) is 0 Å². The molecule has 0 saturated carbocycles. The zero-order valence-corrected chi connectivity index (χ0v) is 16.8. The summed E-state index contributed by atoms with van der Waals surface area (Å²) < 4.78 is 33.1. The average molecular weight is 420 g/mol. The van der Waals surface area contributed by atoms with E-state index in [-0.39, 0.29) is 11.9 Å². The van der Waals surface area contributed by atoms with Crippen molar-refractivity contribution in [1.29, 1.82) is 0 Å². The van der Waals surface area contributed by atoms with Gasteiger partial charge < -0.3 is 9.64 Å². The van der Waals surface area contributed by atoms with E-state index in [1.165, 1.54) is 0 Å². The molecule has 2 saturated heterocycles. The Morgan fingerprint density at radius 1 is 1.13 bits per heavy atom. The molecule has 1 amide bonds. The molecular formula is C21H26F2N4O3. The lowest BCUT2D eigenvalue weighted by Gasteiger charge is -2.29. The second-order valence-corrected chi connectivity index (χ2v) is 7.73. The number of alkyl halides is 2. The predicted molar refractivity (Wildman–Crippen MR) is 108 cm³/mol. The molecule has 2 aliphatic heterocycles. The van der Waals surface area contributed by atoms with Crippen molar-refractivity contribution in [3.05, 3.63) is 40.4 Å². The van der Waals surface area contributed by atoms with Crippen LogP contribution in [-0.4, -0.2) is 71.1 Å². The van der Waals surface area contributed by atoms with Crippen molar-refractivity contribution in [3.8, 4) is 0 Å². The molecule has 1 unspecified atom stereocenters. The van der Waals surface area contributed by atoms with Crippen LogP contribution in [-0.2, 0) is 16.1 Å². The molecule has 1 aromatic carbocycles.